The Kier molecular flexibility index (Phi) is 6.64. The molecular formula is C20H28BNO2. The Morgan fingerprint density at radius 1 is 0.833 bits per heavy atom. The molecule has 2 aromatic rings. The van der Waals surface area contributed by atoms with Crippen LogP contribution in [0.2, 0.25) is 0 Å². The zero-order chi connectivity index (χ0) is 18.5. The molecule has 3 N–H and O–H groups in total. The van der Waals surface area contributed by atoms with Gasteiger partial charge in [-0.25, -0.2) is 0 Å². The Balaban J connectivity index is 0.000000307. The summed E-state index contributed by atoms with van der Waals surface area (Å²) >= 11 is 0. The van der Waals surface area contributed by atoms with E-state index in [2.05, 4.69) is 37.4 Å². The Hall–Kier alpha value is -1.78. The first-order valence-electron chi connectivity index (χ1n) is 8.05. The molecule has 2 aromatic carbocycles. The summed E-state index contributed by atoms with van der Waals surface area (Å²) in [6.07, 6.45) is 0. The van der Waals surface area contributed by atoms with Crippen LogP contribution in [0.1, 0.15) is 38.8 Å². The van der Waals surface area contributed by atoms with Crippen LogP contribution in [0.4, 0.5) is 11.4 Å². The van der Waals surface area contributed by atoms with E-state index in [0.717, 1.165) is 16.8 Å². The Labute approximate surface area is 147 Å². The molecule has 0 aliphatic rings. The molecular weight excluding hydrogens is 297 g/mol. The summed E-state index contributed by atoms with van der Waals surface area (Å²) in [5, 5.41) is 21.6. The SMILES string of the molecule is CC(C)(O)C(C)(C)O.[B]c1ccc(Nc2cccc(C)c2C)cc1. The van der Waals surface area contributed by atoms with Gasteiger partial charge in [-0.15, -0.1) is 0 Å². The molecule has 0 unspecified atom stereocenters. The number of aliphatic hydroxyl groups is 2. The first kappa shape index (κ1) is 20.3. The van der Waals surface area contributed by atoms with E-state index in [-0.39, 0.29) is 0 Å². The zero-order valence-corrected chi connectivity index (χ0v) is 15.5. The molecule has 0 bridgehead atoms. The average molecular weight is 325 g/mol. The molecule has 0 saturated heterocycles. The van der Waals surface area contributed by atoms with Crippen molar-refractivity contribution < 1.29 is 10.2 Å². The van der Waals surface area contributed by atoms with Crippen molar-refractivity contribution in [2.24, 2.45) is 0 Å². The van der Waals surface area contributed by atoms with Crippen molar-refractivity contribution in [1.82, 2.24) is 0 Å². The molecule has 0 heterocycles. The third-order valence-corrected chi connectivity index (χ3v) is 4.29. The normalized spacial score (nSPS) is 11.5. The number of aryl methyl sites for hydroxylation is 1. The summed E-state index contributed by atoms with van der Waals surface area (Å²) in [7, 11) is 5.65. The Morgan fingerprint density at radius 2 is 1.33 bits per heavy atom. The highest BCUT2D eigenvalue weighted by Gasteiger charge is 2.31. The quantitative estimate of drug-likeness (QED) is 0.759. The van der Waals surface area contributed by atoms with Gasteiger partial charge in [0.15, 0.2) is 0 Å². The van der Waals surface area contributed by atoms with E-state index in [1.165, 1.54) is 11.1 Å². The Bertz CT molecular complexity index is 641. The molecule has 4 heteroatoms. The maximum absolute atomic E-state index is 9.10. The average Bonchev–Trinajstić information content (AvgIpc) is 2.45. The lowest BCUT2D eigenvalue weighted by molar-refractivity contribution is -0.107. The minimum absolute atomic E-state index is 0.784. The van der Waals surface area contributed by atoms with Gasteiger partial charge in [0.2, 0.25) is 0 Å². The topological polar surface area (TPSA) is 52.5 Å². The van der Waals surface area contributed by atoms with Gasteiger partial charge in [-0.05, 0) is 70.9 Å². The molecule has 0 saturated carbocycles. The maximum atomic E-state index is 9.10. The minimum Gasteiger partial charge on any atom is -0.387 e. The van der Waals surface area contributed by atoms with Gasteiger partial charge in [-0.2, -0.15) is 0 Å². The molecule has 128 valence electrons. The number of hydrogen-bond donors (Lipinski definition) is 3. The fraction of sp³-hybridized carbons (Fsp3) is 0.400. The van der Waals surface area contributed by atoms with Gasteiger partial charge < -0.3 is 15.5 Å². The molecule has 0 aromatic heterocycles. The number of benzene rings is 2. The molecule has 2 rings (SSSR count). The predicted octanol–water partition coefficient (Wildman–Crippen LogP) is 3.37. The van der Waals surface area contributed by atoms with Gasteiger partial charge in [0, 0.05) is 11.4 Å². The van der Waals surface area contributed by atoms with Crippen molar-refractivity contribution in [3.63, 3.8) is 0 Å². The zero-order valence-electron chi connectivity index (χ0n) is 15.5. The fourth-order valence-corrected chi connectivity index (χ4v) is 1.61. The molecule has 2 radical (unpaired) electrons. The van der Waals surface area contributed by atoms with Crippen LogP contribution in [-0.4, -0.2) is 29.3 Å². The largest absolute Gasteiger partial charge is 0.387 e. The van der Waals surface area contributed by atoms with Gasteiger partial charge in [-0.3, -0.25) is 0 Å². The molecule has 3 nitrogen and oxygen atoms in total. The first-order valence-corrected chi connectivity index (χ1v) is 8.05. The van der Waals surface area contributed by atoms with E-state index in [1.54, 1.807) is 27.7 Å². The van der Waals surface area contributed by atoms with E-state index in [4.69, 9.17) is 18.1 Å². The van der Waals surface area contributed by atoms with Crippen LogP contribution in [0, 0.1) is 13.8 Å². The summed E-state index contributed by atoms with van der Waals surface area (Å²) in [5.41, 5.74) is 3.54. The minimum atomic E-state index is -1.01. The number of hydrogen-bond acceptors (Lipinski definition) is 3. The van der Waals surface area contributed by atoms with Crippen molar-refractivity contribution in [1.29, 1.82) is 0 Å². The van der Waals surface area contributed by atoms with Gasteiger partial charge in [0.25, 0.3) is 0 Å². The molecule has 0 aliphatic heterocycles. The van der Waals surface area contributed by atoms with Gasteiger partial charge in [-0.1, -0.05) is 29.7 Å². The molecule has 0 atom stereocenters. The third kappa shape index (κ3) is 6.02. The lowest BCUT2D eigenvalue weighted by Gasteiger charge is -2.31. The second-order valence-corrected chi connectivity index (χ2v) is 7.11. The lowest BCUT2D eigenvalue weighted by atomic mass is 9.90. The highest BCUT2D eigenvalue weighted by molar-refractivity contribution is 6.32. The summed E-state index contributed by atoms with van der Waals surface area (Å²) in [4.78, 5) is 0. The third-order valence-electron chi connectivity index (χ3n) is 4.29. The van der Waals surface area contributed by atoms with E-state index in [9.17, 15) is 0 Å². The van der Waals surface area contributed by atoms with E-state index < -0.39 is 11.2 Å². The van der Waals surface area contributed by atoms with E-state index in [1.807, 2.05) is 24.3 Å². The smallest absolute Gasteiger partial charge is 0.113 e. The van der Waals surface area contributed by atoms with Crippen molar-refractivity contribution in [3.8, 4) is 0 Å². The van der Waals surface area contributed by atoms with Crippen LogP contribution in [-0.2, 0) is 0 Å². The summed E-state index contributed by atoms with van der Waals surface area (Å²) in [6.45, 7) is 10.5. The number of nitrogens with one attached hydrogen (secondary N) is 1. The fourth-order valence-electron chi connectivity index (χ4n) is 1.61. The van der Waals surface area contributed by atoms with Crippen LogP contribution in [0.25, 0.3) is 0 Å². The number of anilines is 2. The van der Waals surface area contributed by atoms with Crippen molar-refractivity contribution in [2.45, 2.75) is 52.7 Å². The van der Waals surface area contributed by atoms with Crippen LogP contribution in [0.3, 0.4) is 0 Å². The highest BCUT2D eigenvalue weighted by Crippen LogP contribution is 2.22. The molecule has 24 heavy (non-hydrogen) atoms. The molecule has 0 aliphatic carbocycles. The second-order valence-electron chi connectivity index (χ2n) is 7.11. The van der Waals surface area contributed by atoms with Crippen LogP contribution in [0.15, 0.2) is 42.5 Å². The lowest BCUT2D eigenvalue weighted by Crippen LogP contribution is -2.44. The standard InChI is InChI=1S/C14H14BN.C6H14O2/c1-10-4-3-5-14(11(10)2)16-13-8-6-12(15)7-9-13;1-5(2,7)6(3,4)8/h3-9,16H,1-2H3;7-8H,1-4H3. The summed E-state index contributed by atoms with van der Waals surface area (Å²) in [6, 6.07) is 14.0. The van der Waals surface area contributed by atoms with Crippen LogP contribution in [0.5, 0.6) is 0 Å². The highest BCUT2D eigenvalue weighted by atomic mass is 16.3. The molecule has 0 amide bonds. The van der Waals surface area contributed by atoms with Crippen molar-refractivity contribution in [2.75, 3.05) is 5.32 Å². The maximum Gasteiger partial charge on any atom is 0.113 e. The number of rotatable bonds is 3. The molecule has 0 spiro atoms. The molecule has 0 fully saturated rings. The van der Waals surface area contributed by atoms with Crippen molar-refractivity contribution in [3.05, 3.63) is 53.6 Å². The second kappa shape index (κ2) is 7.86. The van der Waals surface area contributed by atoms with E-state index >= 15 is 0 Å². The van der Waals surface area contributed by atoms with Crippen LogP contribution >= 0.6 is 0 Å². The Morgan fingerprint density at radius 3 is 1.79 bits per heavy atom. The van der Waals surface area contributed by atoms with E-state index in [0.29, 0.717) is 0 Å². The van der Waals surface area contributed by atoms with Crippen molar-refractivity contribution >= 4 is 24.7 Å². The van der Waals surface area contributed by atoms with Gasteiger partial charge in [0.05, 0.1) is 11.2 Å². The first-order chi connectivity index (χ1) is 10.9. The summed E-state index contributed by atoms with van der Waals surface area (Å²) < 4.78 is 0. The predicted molar refractivity (Wildman–Crippen MR) is 104 cm³/mol. The van der Waals surface area contributed by atoms with Gasteiger partial charge >= 0.3 is 0 Å². The monoisotopic (exact) mass is 325 g/mol. The van der Waals surface area contributed by atoms with Gasteiger partial charge in [0.1, 0.15) is 7.85 Å². The summed E-state index contributed by atoms with van der Waals surface area (Å²) in [5.74, 6) is 0. The van der Waals surface area contributed by atoms with Crippen LogP contribution < -0.4 is 10.8 Å².